The predicted molar refractivity (Wildman–Crippen MR) is 83.8 cm³/mol. The van der Waals surface area contributed by atoms with Gasteiger partial charge in [-0.25, -0.2) is 0 Å². The highest BCUT2D eigenvalue weighted by molar-refractivity contribution is 7.99. The van der Waals surface area contributed by atoms with E-state index >= 15 is 0 Å². The molecule has 0 heterocycles. The molecule has 0 aliphatic rings. The molecule has 6 heteroatoms. The van der Waals surface area contributed by atoms with Crippen LogP contribution in [0.4, 0.5) is 18.9 Å². The van der Waals surface area contributed by atoms with Crippen molar-refractivity contribution in [2.45, 2.75) is 22.5 Å². The minimum Gasteiger partial charge on any atom is -0.398 e. The lowest BCUT2D eigenvalue weighted by Crippen LogP contribution is -2.11. The molecule has 2 rings (SSSR count). The first-order valence-corrected chi connectivity index (χ1v) is 7.46. The summed E-state index contributed by atoms with van der Waals surface area (Å²) in [7, 11) is 3.93. The molecule has 0 saturated carbocycles. The average Bonchev–Trinajstić information content (AvgIpc) is 2.41. The van der Waals surface area contributed by atoms with Crippen LogP contribution in [-0.2, 0) is 12.7 Å². The molecular weight excluding hydrogens is 310 g/mol. The minimum absolute atomic E-state index is 0.138. The zero-order chi connectivity index (χ0) is 16.3. The van der Waals surface area contributed by atoms with Crippen molar-refractivity contribution in [1.82, 2.24) is 4.90 Å². The molecule has 2 N–H and O–H groups in total. The molecule has 0 aliphatic heterocycles. The van der Waals surface area contributed by atoms with E-state index in [-0.39, 0.29) is 5.69 Å². The quantitative estimate of drug-likeness (QED) is 0.662. The number of hydrogen-bond acceptors (Lipinski definition) is 3. The highest BCUT2D eigenvalue weighted by atomic mass is 32.2. The van der Waals surface area contributed by atoms with Crippen molar-refractivity contribution in [1.29, 1.82) is 0 Å². The van der Waals surface area contributed by atoms with Crippen LogP contribution in [0.2, 0.25) is 0 Å². The van der Waals surface area contributed by atoms with Crippen LogP contribution in [0.25, 0.3) is 0 Å². The number of nitrogens with zero attached hydrogens (tertiary/aromatic N) is 1. The summed E-state index contributed by atoms with van der Waals surface area (Å²) in [4.78, 5) is 3.65. The summed E-state index contributed by atoms with van der Waals surface area (Å²) < 4.78 is 38.0. The van der Waals surface area contributed by atoms with E-state index in [0.717, 1.165) is 29.1 Å². The van der Waals surface area contributed by atoms with Gasteiger partial charge < -0.3 is 10.6 Å². The maximum Gasteiger partial charge on any atom is 0.416 e. The van der Waals surface area contributed by atoms with Gasteiger partial charge in [-0.3, -0.25) is 0 Å². The van der Waals surface area contributed by atoms with Gasteiger partial charge in [-0.05, 0) is 43.9 Å². The molecule has 0 atom stereocenters. The number of benzene rings is 2. The fourth-order valence-electron chi connectivity index (χ4n) is 2.01. The third-order valence-corrected chi connectivity index (χ3v) is 4.23. The molecule has 0 amide bonds. The topological polar surface area (TPSA) is 29.3 Å². The largest absolute Gasteiger partial charge is 0.416 e. The smallest absolute Gasteiger partial charge is 0.398 e. The van der Waals surface area contributed by atoms with E-state index in [0.29, 0.717) is 4.90 Å². The van der Waals surface area contributed by atoms with E-state index in [9.17, 15) is 13.2 Å². The van der Waals surface area contributed by atoms with Crippen molar-refractivity contribution in [2.75, 3.05) is 19.8 Å². The second-order valence-electron chi connectivity index (χ2n) is 5.20. The minimum atomic E-state index is -4.37. The fourth-order valence-corrected chi connectivity index (χ4v) is 2.97. The number of anilines is 1. The summed E-state index contributed by atoms with van der Waals surface area (Å²) in [6, 6.07) is 11.3. The highest BCUT2D eigenvalue weighted by Crippen LogP contribution is 2.38. The van der Waals surface area contributed by atoms with Gasteiger partial charge in [0.05, 0.1) is 5.56 Å². The molecule has 118 valence electrons. The van der Waals surface area contributed by atoms with Crippen LogP contribution in [0.3, 0.4) is 0 Å². The van der Waals surface area contributed by atoms with Crippen LogP contribution in [0, 0.1) is 0 Å². The Labute approximate surface area is 132 Å². The molecule has 2 aromatic rings. The summed E-state index contributed by atoms with van der Waals surface area (Å²) in [6.45, 7) is 0.754. The van der Waals surface area contributed by atoms with Gasteiger partial charge in [-0.1, -0.05) is 30.0 Å². The summed E-state index contributed by atoms with van der Waals surface area (Å²) in [5.41, 5.74) is 6.31. The third-order valence-electron chi connectivity index (χ3n) is 3.02. The molecule has 0 aliphatic carbocycles. The summed E-state index contributed by atoms with van der Waals surface area (Å²) in [5.74, 6) is 0. The highest BCUT2D eigenvalue weighted by Gasteiger charge is 2.30. The van der Waals surface area contributed by atoms with Gasteiger partial charge in [0, 0.05) is 22.0 Å². The van der Waals surface area contributed by atoms with Gasteiger partial charge >= 0.3 is 6.18 Å². The van der Waals surface area contributed by atoms with Crippen LogP contribution >= 0.6 is 11.8 Å². The number of halogens is 3. The number of nitrogen functional groups attached to an aromatic ring is 1. The Morgan fingerprint density at radius 1 is 1.05 bits per heavy atom. The van der Waals surface area contributed by atoms with Crippen molar-refractivity contribution in [3.8, 4) is 0 Å². The van der Waals surface area contributed by atoms with Crippen molar-refractivity contribution in [3.63, 3.8) is 0 Å². The van der Waals surface area contributed by atoms with E-state index in [4.69, 9.17) is 5.73 Å². The SMILES string of the molecule is CN([13CH3])Cc1ccccc1Sc1ccc(C(F)(F)F)cc1N. The van der Waals surface area contributed by atoms with Crippen molar-refractivity contribution < 1.29 is 13.2 Å². The second kappa shape index (κ2) is 6.62. The number of alkyl halides is 3. The molecule has 2 nitrogen and oxygen atoms in total. The molecular formula is C16H17F3N2S. The number of rotatable bonds is 4. The van der Waals surface area contributed by atoms with Gasteiger partial charge in [-0.2, -0.15) is 13.2 Å². The van der Waals surface area contributed by atoms with Crippen molar-refractivity contribution >= 4 is 17.4 Å². The van der Waals surface area contributed by atoms with Crippen molar-refractivity contribution in [2.24, 2.45) is 0 Å². The van der Waals surface area contributed by atoms with Crippen LogP contribution in [0.1, 0.15) is 11.1 Å². The molecule has 2 aromatic carbocycles. The summed E-state index contributed by atoms with van der Waals surface area (Å²) >= 11 is 1.38. The number of nitrogens with two attached hydrogens (primary N) is 1. The molecule has 0 saturated heterocycles. The van der Waals surface area contributed by atoms with Gasteiger partial charge in [-0.15, -0.1) is 0 Å². The standard InChI is InChI=1S/C16H17F3N2S/c1-21(2)10-11-5-3-4-6-14(11)22-15-8-7-12(9-13(15)20)16(17,18)19/h3-9H,10,20H2,1-2H3/i1+1. The van der Waals surface area contributed by atoms with E-state index in [1.807, 2.05) is 43.3 Å². The van der Waals surface area contributed by atoms with E-state index in [2.05, 4.69) is 0 Å². The Morgan fingerprint density at radius 2 is 1.73 bits per heavy atom. The van der Waals surface area contributed by atoms with E-state index in [1.165, 1.54) is 17.8 Å². The first kappa shape index (κ1) is 16.7. The maximum absolute atomic E-state index is 12.7. The van der Waals surface area contributed by atoms with Gasteiger partial charge in [0.15, 0.2) is 0 Å². The van der Waals surface area contributed by atoms with Crippen LogP contribution < -0.4 is 5.73 Å². The lowest BCUT2D eigenvalue weighted by molar-refractivity contribution is -0.137. The molecule has 0 fully saturated rings. The zero-order valence-electron chi connectivity index (χ0n) is 12.3. The second-order valence-corrected chi connectivity index (χ2v) is 6.28. The first-order valence-electron chi connectivity index (χ1n) is 6.64. The molecule has 0 radical (unpaired) electrons. The lowest BCUT2D eigenvalue weighted by atomic mass is 10.2. The van der Waals surface area contributed by atoms with E-state index < -0.39 is 11.7 Å². The van der Waals surface area contributed by atoms with Crippen LogP contribution in [0.5, 0.6) is 0 Å². The average molecular weight is 327 g/mol. The maximum atomic E-state index is 12.7. The third kappa shape index (κ3) is 4.18. The molecule has 22 heavy (non-hydrogen) atoms. The molecule has 0 aromatic heterocycles. The number of hydrogen-bond donors (Lipinski definition) is 1. The normalized spacial score (nSPS) is 11.9. The Hall–Kier alpha value is -1.66. The Balaban J connectivity index is 2.28. The van der Waals surface area contributed by atoms with Gasteiger partial charge in [0.25, 0.3) is 0 Å². The summed E-state index contributed by atoms with van der Waals surface area (Å²) in [6.07, 6.45) is -4.37. The van der Waals surface area contributed by atoms with Crippen LogP contribution in [0.15, 0.2) is 52.3 Å². The predicted octanol–water partition coefficient (Wildman–Crippen LogP) is 4.50. The first-order chi connectivity index (χ1) is 10.3. The fraction of sp³-hybridized carbons (Fsp3) is 0.250. The molecule has 0 bridgehead atoms. The van der Waals surface area contributed by atoms with E-state index in [1.54, 1.807) is 0 Å². The molecule has 0 spiro atoms. The lowest BCUT2D eigenvalue weighted by Gasteiger charge is -2.15. The monoisotopic (exact) mass is 327 g/mol. The Bertz CT molecular complexity index is 654. The summed E-state index contributed by atoms with van der Waals surface area (Å²) in [5, 5.41) is 0. The van der Waals surface area contributed by atoms with Gasteiger partial charge in [0.1, 0.15) is 0 Å². The van der Waals surface area contributed by atoms with Crippen LogP contribution in [-0.4, -0.2) is 19.0 Å². The van der Waals surface area contributed by atoms with Crippen molar-refractivity contribution in [3.05, 3.63) is 53.6 Å². The zero-order valence-corrected chi connectivity index (χ0v) is 13.1. The Kier molecular flexibility index (Phi) is 5.03. The Morgan fingerprint density at radius 3 is 2.32 bits per heavy atom. The van der Waals surface area contributed by atoms with Gasteiger partial charge in [0.2, 0.25) is 0 Å². The molecule has 0 unspecified atom stereocenters.